The molecule has 1 heterocycles. The Hall–Kier alpha value is -2.04. The Balaban J connectivity index is 3.09. The van der Waals surface area contributed by atoms with Gasteiger partial charge in [-0.25, -0.2) is 0 Å². The molecule has 0 amide bonds. The molecule has 7 unspecified atom stereocenters. The molecule has 0 bridgehead atoms. The average Bonchev–Trinajstić information content (AvgIpc) is 3.04. The van der Waals surface area contributed by atoms with Crippen LogP contribution in [-0.2, 0) is 47.3 Å². The van der Waals surface area contributed by atoms with Gasteiger partial charge in [-0.2, -0.15) is 0 Å². The molecule has 0 aromatic carbocycles. The van der Waals surface area contributed by atoms with Crippen LogP contribution in [0.25, 0.3) is 0 Å². The monoisotopic (exact) mass is 828 g/mol. The second kappa shape index (κ2) is 21.6. The van der Waals surface area contributed by atoms with E-state index in [-0.39, 0.29) is 59.8 Å². The van der Waals surface area contributed by atoms with Crippen LogP contribution in [0.4, 0.5) is 0 Å². The first-order valence-electron chi connectivity index (χ1n) is 20.3. The molecular weight excluding hydrogens is 753 g/mol. The van der Waals surface area contributed by atoms with E-state index in [1.807, 2.05) is 20.8 Å². The van der Waals surface area contributed by atoms with Crippen molar-refractivity contribution in [1.29, 1.82) is 0 Å². The standard InChI is InChI=1S/C41H76O11Si3/c1-16-30(4)33(42)49-25-39(9,10)26-50-35(44)32(17-2)21-40(11,36(45)46)24-41(12,37(47)52-38(6,7)8)20-31(5)34(43)48-18-19-51-55(15)23-29(3)22-53(13)27-54(14)28-55/h29-32H,16-28H2,1-15H3,(H,45,46). The molecule has 2 radical (unpaired) electrons. The lowest BCUT2D eigenvalue weighted by Crippen LogP contribution is -2.45. The molecule has 0 spiro atoms. The Morgan fingerprint density at radius 2 is 1.35 bits per heavy atom. The summed E-state index contributed by atoms with van der Waals surface area (Å²) in [6.45, 7) is 29.2. The Morgan fingerprint density at radius 3 is 1.87 bits per heavy atom. The van der Waals surface area contributed by atoms with Gasteiger partial charge in [0.1, 0.15) is 12.2 Å². The van der Waals surface area contributed by atoms with Gasteiger partial charge in [-0.1, -0.05) is 73.3 Å². The topological polar surface area (TPSA) is 152 Å². The number of esters is 4. The third kappa shape index (κ3) is 18.0. The quantitative estimate of drug-likeness (QED) is 0.0513. The number of carbonyl (C=O) groups excluding carboxylic acids is 4. The molecule has 1 N–H and O–H groups in total. The molecule has 318 valence electrons. The van der Waals surface area contributed by atoms with E-state index in [1.54, 1.807) is 48.5 Å². The van der Waals surface area contributed by atoms with Crippen molar-refractivity contribution in [3.8, 4) is 0 Å². The maximum Gasteiger partial charge on any atom is 0.312 e. The maximum absolute atomic E-state index is 13.9. The van der Waals surface area contributed by atoms with Crippen molar-refractivity contribution >= 4 is 55.8 Å². The average molecular weight is 829 g/mol. The third-order valence-corrected chi connectivity index (χ3v) is 24.7. The minimum absolute atomic E-state index is 0.0120. The normalized spacial score (nSPS) is 22.8. The van der Waals surface area contributed by atoms with Crippen LogP contribution in [0.1, 0.15) is 115 Å². The number of carbonyl (C=O) groups is 5. The van der Waals surface area contributed by atoms with E-state index in [1.165, 1.54) is 24.3 Å². The molecule has 1 fully saturated rings. The molecule has 0 aromatic rings. The van der Waals surface area contributed by atoms with E-state index in [2.05, 4.69) is 26.6 Å². The summed E-state index contributed by atoms with van der Waals surface area (Å²) < 4.78 is 29.2. The fraction of sp³-hybridized carbons (Fsp3) is 0.878. The van der Waals surface area contributed by atoms with Crippen LogP contribution >= 0.6 is 0 Å². The Bertz CT molecular complexity index is 1270. The van der Waals surface area contributed by atoms with Gasteiger partial charge >= 0.3 is 29.8 Å². The van der Waals surface area contributed by atoms with Gasteiger partial charge in [-0.15, -0.1) is 0 Å². The molecule has 1 aliphatic rings. The maximum atomic E-state index is 13.9. The van der Waals surface area contributed by atoms with Crippen molar-refractivity contribution in [3.05, 3.63) is 0 Å². The van der Waals surface area contributed by atoms with Crippen molar-refractivity contribution in [2.24, 2.45) is 39.9 Å². The summed E-state index contributed by atoms with van der Waals surface area (Å²) >= 11 is 0. The van der Waals surface area contributed by atoms with Crippen molar-refractivity contribution in [2.45, 2.75) is 164 Å². The Labute approximate surface area is 337 Å². The van der Waals surface area contributed by atoms with Crippen molar-refractivity contribution in [3.63, 3.8) is 0 Å². The Kier molecular flexibility index (Phi) is 20.1. The molecule has 1 rings (SSSR count). The number of carboxylic acids is 1. The molecule has 0 saturated carbocycles. The first-order chi connectivity index (χ1) is 25.1. The third-order valence-electron chi connectivity index (χ3n) is 10.6. The van der Waals surface area contributed by atoms with Crippen molar-refractivity contribution < 1.29 is 52.5 Å². The fourth-order valence-electron chi connectivity index (χ4n) is 7.87. The van der Waals surface area contributed by atoms with Crippen LogP contribution in [0.15, 0.2) is 0 Å². The van der Waals surface area contributed by atoms with Crippen LogP contribution in [0, 0.1) is 39.9 Å². The zero-order valence-electron chi connectivity index (χ0n) is 37.0. The van der Waals surface area contributed by atoms with Crippen LogP contribution in [0.3, 0.4) is 0 Å². The predicted molar refractivity (Wildman–Crippen MR) is 222 cm³/mol. The highest BCUT2D eigenvalue weighted by Crippen LogP contribution is 2.45. The lowest BCUT2D eigenvalue weighted by molar-refractivity contribution is -0.173. The first kappa shape index (κ1) is 51.0. The van der Waals surface area contributed by atoms with E-state index >= 15 is 0 Å². The highest BCUT2D eigenvalue weighted by Gasteiger charge is 2.49. The van der Waals surface area contributed by atoms with Crippen LogP contribution in [-0.4, -0.2) is 92.9 Å². The second-order valence-electron chi connectivity index (χ2n) is 19.5. The zero-order valence-corrected chi connectivity index (χ0v) is 40.0. The van der Waals surface area contributed by atoms with Gasteiger partial charge < -0.3 is 28.5 Å². The number of rotatable bonds is 21. The number of hydrogen-bond donors (Lipinski definition) is 1. The minimum Gasteiger partial charge on any atom is -0.481 e. The van der Waals surface area contributed by atoms with Crippen LogP contribution in [0.2, 0.25) is 43.1 Å². The van der Waals surface area contributed by atoms with Gasteiger partial charge in [-0.05, 0) is 90.9 Å². The summed E-state index contributed by atoms with van der Waals surface area (Å²) in [5.74, 6) is -4.27. The van der Waals surface area contributed by atoms with Gasteiger partial charge in [0.2, 0.25) is 0 Å². The van der Waals surface area contributed by atoms with Crippen LogP contribution < -0.4 is 0 Å². The molecule has 7 atom stereocenters. The van der Waals surface area contributed by atoms with E-state index in [0.717, 1.165) is 6.04 Å². The molecule has 1 saturated heterocycles. The lowest BCUT2D eigenvalue weighted by Gasteiger charge is -2.39. The molecule has 0 aromatic heterocycles. The van der Waals surface area contributed by atoms with Gasteiger partial charge in [0.25, 0.3) is 0 Å². The first-order valence-corrected chi connectivity index (χ1v) is 28.0. The van der Waals surface area contributed by atoms with E-state index in [0.29, 0.717) is 25.4 Å². The largest absolute Gasteiger partial charge is 0.481 e. The summed E-state index contributed by atoms with van der Waals surface area (Å²) in [7, 11) is -2.65. The molecule has 1 aliphatic heterocycles. The zero-order chi connectivity index (χ0) is 42.6. The summed E-state index contributed by atoms with van der Waals surface area (Å²) in [5, 5.41) is 10.6. The number of hydrogen-bond acceptors (Lipinski definition) is 10. The molecule has 55 heavy (non-hydrogen) atoms. The Morgan fingerprint density at radius 1 is 0.782 bits per heavy atom. The summed E-state index contributed by atoms with van der Waals surface area (Å²) in [5.41, 5.74) is -1.89. The molecular formula is C41H76O11Si3. The van der Waals surface area contributed by atoms with Crippen LogP contribution in [0.5, 0.6) is 0 Å². The smallest absolute Gasteiger partial charge is 0.312 e. The van der Waals surface area contributed by atoms with Gasteiger partial charge in [-0.3, -0.25) is 24.0 Å². The summed E-state index contributed by atoms with van der Waals surface area (Å²) in [6.07, 6.45) is 0.664. The highest BCUT2D eigenvalue weighted by atomic mass is 28.4. The number of aliphatic carboxylic acids is 1. The SMILES string of the molecule is CCC(C)C(=O)OCC(C)(C)COC(=O)C(CC)CC(C)(CC(C)(CC(C)C(=O)OCCO[Si]1(C)CC(C)C[Si](C)C[Si](C)C1)C(=O)OC(C)(C)C)C(=O)O. The summed E-state index contributed by atoms with van der Waals surface area (Å²) in [4.78, 5) is 65.9. The summed E-state index contributed by atoms with van der Waals surface area (Å²) in [6, 6.07) is 2.45. The van der Waals surface area contributed by atoms with Crippen molar-refractivity contribution in [1.82, 2.24) is 0 Å². The predicted octanol–water partition coefficient (Wildman–Crippen LogP) is 8.53. The van der Waals surface area contributed by atoms with Gasteiger partial charge in [0.15, 0.2) is 8.32 Å². The van der Waals surface area contributed by atoms with E-state index in [4.69, 9.17) is 23.4 Å². The fourth-order valence-corrected chi connectivity index (χ4v) is 24.2. The van der Waals surface area contributed by atoms with Gasteiger partial charge in [0, 0.05) is 23.0 Å². The number of ether oxygens (including phenoxy) is 4. The molecule has 0 aliphatic carbocycles. The van der Waals surface area contributed by atoms with Crippen molar-refractivity contribution in [2.75, 3.05) is 26.4 Å². The van der Waals surface area contributed by atoms with E-state index < -0.39 is 74.7 Å². The number of carboxylic acid groups (broad SMARTS) is 1. The second-order valence-corrected chi connectivity index (χ2v) is 30.1. The van der Waals surface area contributed by atoms with Gasteiger partial charge in [0.05, 0.1) is 48.4 Å². The highest BCUT2D eigenvalue weighted by molar-refractivity contribution is 6.89. The molecule has 14 heteroatoms. The lowest BCUT2D eigenvalue weighted by atomic mass is 9.66. The minimum atomic E-state index is -1.94. The molecule has 11 nitrogen and oxygen atoms in total. The van der Waals surface area contributed by atoms with E-state index in [9.17, 15) is 29.1 Å².